The van der Waals surface area contributed by atoms with Gasteiger partial charge in [-0.1, -0.05) is 19.8 Å². The highest BCUT2D eigenvalue weighted by Gasteiger charge is 2.26. The fraction of sp³-hybridized carbons (Fsp3) is 0.867. The van der Waals surface area contributed by atoms with Crippen molar-refractivity contribution < 1.29 is 4.79 Å². The molecule has 0 saturated heterocycles. The maximum atomic E-state index is 11.9. The lowest BCUT2D eigenvalue weighted by Gasteiger charge is -2.22. The van der Waals surface area contributed by atoms with E-state index < -0.39 is 5.41 Å². The number of guanidine groups is 1. The van der Waals surface area contributed by atoms with Crippen molar-refractivity contribution in [1.82, 2.24) is 16.0 Å². The normalized spacial score (nSPS) is 11.6. The van der Waals surface area contributed by atoms with Crippen LogP contribution in [0.4, 0.5) is 0 Å². The van der Waals surface area contributed by atoms with Gasteiger partial charge in [0.2, 0.25) is 5.91 Å². The molecule has 1 amide bonds. The predicted octanol–water partition coefficient (Wildman–Crippen LogP) is 2.51. The Morgan fingerprint density at radius 1 is 1.00 bits per heavy atom. The van der Waals surface area contributed by atoms with Gasteiger partial charge in [0.25, 0.3) is 0 Å². The second-order valence-electron chi connectivity index (χ2n) is 5.57. The van der Waals surface area contributed by atoms with E-state index in [2.05, 4.69) is 27.9 Å². The Morgan fingerprint density at radius 2 is 1.62 bits per heavy atom. The second-order valence-corrected chi connectivity index (χ2v) is 5.57. The van der Waals surface area contributed by atoms with Crippen LogP contribution in [0.5, 0.6) is 0 Å². The molecule has 0 bridgehead atoms. The summed E-state index contributed by atoms with van der Waals surface area (Å²) in [5.74, 6) is 0.839. The van der Waals surface area contributed by atoms with E-state index in [0.717, 1.165) is 25.5 Å². The van der Waals surface area contributed by atoms with E-state index in [-0.39, 0.29) is 29.9 Å². The highest BCUT2D eigenvalue weighted by molar-refractivity contribution is 14.0. The van der Waals surface area contributed by atoms with E-state index in [1.807, 2.05) is 27.7 Å². The third kappa shape index (κ3) is 10.8. The average molecular weight is 412 g/mol. The molecule has 0 atom stereocenters. The van der Waals surface area contributed by atoms with Gasteiger partial charge in [-0.15, -0.1) is 24.0 Å². The first-order chi connectivity index (χ1) is 9.47. The molecule has 0 aromatic carbocycles. The minimum atomic E-state index is -0.484. The van der Waals surface area contributed by atoms with E-state index >= 15 is 0 Å². The molecule has 0 aliphatic carbocycles. The van der Waals surface area contributed by atoms with Gasteiger partial charge in [0.05, 0.1) is 12.0 Å². The molecule has 0 spiro atoms. The quantitative estimate of drug-likeness (QED) is 0.236. The van der Waals surface area contributed by atoms with Crippen LogP contribution in [-0.4, -0.2) is 38.0 Å². The summed E-state index contributed by atoms with van der Waals surface area (Å²) in [7, 11) is 0. The molecule has 0 aromatic rings. The zero-order valence-corrected chi connectivity index (χ0v) is 16.5. The van der Waals surface area contributed by atoms with Gasteiger partial charge in [0, 0.05) is 19.6 Å². The van der Waals surface area contributed by atoms with Crippen LogP contribution in [0.15, 0.2) is 4.99 Å². The number of nitrogens with zero attached hydrogens (tertiary/aromatic N) is 1. The molecule has 0 aromatic heterocycles. The van der Waals surface area contributed by atoms with Gasteiger partial charge in [-0.05, 0) is 34.1 Å². The minimum Gasteiger partial charge on any atom is -0.357 e. The van der Waals surface area contributed by atoms with Crippen LogP contribution in [-0.2, 0) is 4.79 Å². The van der Waals surface area contributed by atoms with Gasteiger partial charge in [0.1, 0.15) is 0 Å². The molecule has 0 saturated carbocycles. The van der Waals surface area contributed by atoms with Crippen molar-refractivity contribution in [2.45, 2.75) is 53.9 Å². The number of hydrogen-bond acceptors (Lipinski definition) is 2. The van der Waals surface area contributed by atoms with Crippen molar-refractivity contribution >= 4 is 35.8 Å². The van der Waals surface area contributed by atoms with Crippen LogP contribution in [0.25, 0.3) is 0 Å². The van der Waals surface area contributed by atoms with Crippen LogP contribution in [0.1, 0.15) is 53.9 Å². The summed E-state index contributed by atoms with van der Waals surface area (Å²) >= 11 is 0. The van der Waals surface area contributed by atoms with Crippen LogP contribution in [0.3, 0.4) is 0 Å². The molecule has 0 fully saturated rings. The monoisotopic (exact) mass is 412 g/mol. The summed E-state index contributed by atoms with van der Waals surface area (Å²) in [5, 5.41) is 9.37. The van der Waals surface area contributed by atoms with Gasteiger partial charge < -0.3 is 16.0 Å². The van der Waals surface area contributed by atoms with Gasteiger partial charge in [-0.25, -0.2) is 0 Å². The number of carbonyl (C=O) groups excluding carboxylic acids is 1. The SMILES string of the molecule is CCCCCNC(=NCC(C)(C)C(=O)NCC)NCC.I. The maximum absolute atomic E-state index is 11.9. The summed E-state index contributed by atoms with van der Waals surface area (Å²) in [4.78, 5) is 16.4. The molecule has 0 unspecified atom stereocenters. The lowest BCUT2D eigenvalue weighted by Crippen LogP contribution is -2.42. The molecule has 0 aliphatic rings. The molecular weight excluding hydrogens is 379 g/mol. The van der Waals surface area contributed by atoms with Crippen molar-refractivity contribution in [1.29, 1.82) is 0 Å². The van der Waals surface area contributed by atoms with E-state index in [9.17, 15) is 4.79 Å². The van der Waals surface area contributed by atoms with Crippen LogP contribution in [0, 0.1) is 5.41 Å². The molecule has 5 nitrogen and oxygen atoms in total. The number of hydrogen-bond donors (Lipinski definition) is 3. The van der Waals surface area contributed by atoms with Crippen molar-refractivity contribution in [3.8, 4) is 0 Å². The summed E-state index contributed by atoms with van der Waals surface area (Å²) in [6.45, 7) is 12.9. The lowest BCUT2D eigenvalue weighted by molar-refractivity contribution is -0.128. The molecule has 0 heterocycles. The highest BCUT2D eigenvalue weighted by atomic mass is 127. The van der Waals surface area contributed by atoms with Crippen molar-refractivity contribution in [2.75, 3.05) is 26.2 Å². The highest BCUT2D eigenvalue weighted by Crippen LogP contribution is 2.15. The number of aliphatic imine (C=N–C) groups is 1. The maximum Gasteiger partial charge on any atom is 0.227 e. The first kappa shape index (κ1) is 22.7. The topological polar surface area (TPSA) is 65.5 Å². The first-order valence-corrected chi connectivity index (χ1v) is 7.78. The molecule has 21 heavy (non-hydrogen) atoms. The number of halogens is 1. The summed E-state index contributed by atoms with van der Waals surface area (Å²) in [6, 6.07) is 0. The number of rotatable bonds is 9. The zero-order valence-electron chi connectivity index (χ0n) is 14.2. The Hall–Kier alpha value is -0.530. The third-order valence-electron chi connectivity index (χ3n) is 3.00. The number of nitrogens with one attached hydrogen (secondary N) is 3. The van der Waals surface area contributed by atoms with Gasteiger partial charge in [-0.3, -0.25) is 9.79 Å². The average Bonchev–Trinajstić information content (AvgIpc) is 2.41. The van der Waals surface area contributed by atoms with Crippen LogP contribution >= 0.6 is 24.0 Å². The minimum absolute atomic E-state index is 0. The molecule has 0 radical (unpaired) electrons. The van der Waals surface area contributed by atoms with Crippen molar-refractivity contribution in [3.05, 3.63) is 0 Å². The molecule has 3 N–H and O–H groups in total. The lowest BCUT2D eigenvalue weighted by atomic mass is 9.92. The molecular formula is C15H33IN4O. The summed E-state index contributed by atoms with van der Waals surface area (Å²) in [6.07, 6.45) is 3.57. The van der Waals surface area contributed by atoms with Crippen LogP contribution < -0.4 is 16.0 Å². The second kappa shape index (κ2) is 13.2. The fourth-order valence-electron chi connectivity index (χ4n) is 1.67. The Balaban J connectivity index is 0. The number of amides is 1. The molecule has 0 rings (SSSR count). The fourth-order valence-corrected chi connectivity index (χ4v) is 1.67. The summed E-state index contributed by atoms with van der Waals surface area (Å²) in [5.41, 5.74) is -0.484. The Bertz CT molecular complexity index is 306. The molecule has 0 aliphatic heterocycles. The van der Waals surface area contributed by atoms with E-state index in [1.165, 1.54) is 12.8 Å². The number of unbranched alkanes of at least 4 members (excludes halogenated alkanes) is 2. The Kier molecular flexibility index (Phi) is 14.2. The van der Waals surface area contributed by atoms with Crippen LogP contribution in [0.2, 0.25) is 0 Å². The number of carbonyl (C=O) groups is 1. The predicted molar refractivity (Wildman–Crippen MR) is 101 cm³/mol. The Labute approximate surface area is 147 Å². The van der Waals surface area contributed by atoms with E-state index in [4.69, 9.17) is 0 Å². The smallest absolute Gasteiger partial charge is 0.227 e. The first-order valence-electron chi connectivity index (χ1n) is 7.78. The van der Waals surface area contributed by atoms with Gasteiger partial charge >= 0.3 is 0 Å². The van der Waals surface area contributed by atoms with E-state index in [0.29, 0.717) is 13.1 Å². The van der Waals surface area contributed by atoms with Gasteiger partial charge in [-0.2, -0.15) is 0 Å². The Morgan fingerprint density at radius 3 is 2.14 bits per heavy atom. The van der Waals surface area contributed by atoms with E-state index in [1.54, 1.807) is 0 Å². The van der Waals surface area contributed by atoms with Gasteiger partial charge in [0.15, 0.2) is 5.96 Å². The largest absolute Gasteiger partial charge is 0.357 e. The molecule has 126 valence electrons. The summed E-state index contributed by atoms with van der Waals surface area (Å²) < 4.78 is 0. The van der Waals surface area contributed by atoms with Crippen molar-refractivity contribution in [3.63, 3.8) is 0 Å². The zero-order chi connectivity index (χ0) is 15.4. The molecule has 6 heteroatoms. The third-order valence-corrected chi connectivity index (χ3v) is 3.00. The standard InChI is InChI=1S/C15H32N4O.HI/c1-6-9-10-11-18-14(17-8-3)19-12-15(4,5)13(20)16-7-2;/h6-12H2,1-5H3,(H,16,20)(H2,17,18,19);1H. The van der Waals surface area contributed by atoms with Crippen molar-refractivity contribution in [2.24, 2.45) is 10.4 Å².